The maximum atomic E-state index is 13.3. The number of halogens is 1. The van der Waals surface area contributed by atoms with E-state index in [4.69, 9.17) is 4.74 Å². The van der Waals surface area contributed by atoms with Crippen LogP contribution in [0.2, 0.25) is 0 Å². The number of methoxy groups -OCH3 is 1. The summed E-state index contributed by atoms with van der Waals surface area (Å²) in [5, 5.41) is 13.0. The minimum atomic E-state index is -0.355. The van der Waals surface area contributed by atoms with Crippen molar-refractivity contribution in [2.24, 2.45) is 5.92 Å². The van der Waals surface area contributed by atoms with Crippen LogP contribution in [0.25, 0.3) is 0 Å². The third-order valence-electron chi connectivity index (χ3n) is 3.47. The molecule has 2 N–H and O–H groups in total. The predicted octanol–water partition coefficient (Wildman–Crippen LogP) is 2.26. The minimum absolute atomic E-state index is 0.0629. The zero-order valence-corrected chi connectivity index (χ0v) is 10.8. The van der Waals surface area contributed by atoms with Gasteiger partial charge in [-0.25, -0.2) is 4.39 Å². The molecule has 2 atom stereocenters. The smallest absolute Gasteiger partial charge is 0.165 e. The summed E-state index contributed by atoms with van der Waals surface area (Å²) < 4.78 is 18.2. The van der Waals surface area contributed by atoms with Crippen LogP contribution in [-0.4, -0.2) is 24.9 Å². The molecule has 1 aliphatic rings. The third kappa shape index (κ3) is 3.21. The predicted molar refractivity (Wildman–Crippen MR) is 68.1 cm³/mol. The lowest BCUT2D eigenvalue weighted by Crippen LogP contribution is -2.30. The average molecular weight is 253 g/mol. The Balaban J connectivity index is 1.92. The summed E-state index contributed by atoms with van der Waals surface area (Å²) in [6.45, 7) is 2.57. The molecule has 0 aromatic heterocycles. The Labute approximate surface area is 107 Å². The van der Waals surface area contributed by atoms with Gasteiger partial charge in [-0.15, -0.1) is 0 Å². The molecule has 1 aromatic carbocycles. The fourth-order valence-electron chi connectivity index (χ4n) is 2.01. The summed E-state index contributed by atoms with van der Waals surface area (Å²) in [6.07, 6.45) is 1.98. The van der Waals surface area contributed by atoms with Gasteiger partial charge in [-0.2, -0.15) is 0 Å². The van der Waals surface area contributed by atoms with Crippen LogP contribution in [0.15, 0.2) is 18.2 Å². The first kappa shape index (κ1) is 13.3. The summed E-state index contributed by atoms with van der Waals surface area (Å²) in [5.41, 5.74) is 0.955. The molecule has 0 saturated heterocycles. The molecule has 0 amide bonds. The summed E-state index contributed by atoms with van der Waals surface area (Å²) in [5.74, 6) is 0.364. The lowest BCUT2D eigenvalue weighted by atomic mass is 10.1. The molecule has 0 spiro atoms. The lowest BCUT2D eigenvalue weighted by molar-refractivity contribution is 0.145. The van der Waals surface area contributed by atoms with Gasteiger partial charge in [-0.1, -0.05) is 6.07 Å². The quantitative estimate of drug-likeness (QED) is 0.817. The first-order chi connectivity index (χ1) is 8.61. The number of rotatable bonds is 6. The van der Waals surface area contributed by atoms with Crippen molar-refractivity contribution in [1.82, 2.24) is 5.32 Å². The van der Waals surface area contributed by atoms with Gasteiger partial charge in [0.2, 0.25) is 0 Å². The first-order valence-corrected chi connectivity index (χ1v) is 6.36. The molecule has 100 valence electrons. The summed E-state index contributed by atoms with van der Waals surface area (Å²) in [7, 11) is 1.46. The summed E-state index contributed by atoms with van der Waals surface area (Å²) in [4.78, 5) is 0. The van der Waals surface area contributed by atoms with Crippen molar-refractivity contribution in [3.05, 3.63) is 29.6 Å². The summed E-state index contributed by atoms with van der Waals surface area (Å²) >= 11 is 0. The van der Waals surface area contributed by atoms with Crippen LogP contribution in [0.5, 0.6) is 5.75 Å². The van der Waals surface area contributed by atoms with E-state index < -0.39 is 0 Å². The Kier molecular flexibility index (Phi) is 4.19. The van der Waals surface area contributed by atoms with Crippen molar-refractivity contribution in [1.29, 1.82) is 0 Å². The van der Waals surface area contributed by atoms with Gasteiger partial charge >= 0.3 is 0 Å². The molecule has 18 heavy (non-hydrogen) atoms. The highest BCUT2D eigenvalue weighted by Gasteiger charge is 2.29. The number of nitrogens with one attached hydrogen (secondary N) is 1. The van der Waals surface area contributed by atoms with Crippen molar-refractivity contribution in [3.8, 4) is 5.75 Å². The molecule has 0 radical (unpaired) electrons. The monoisotopic (exact) mass is 253 g/mol. The van der Waals surface area contributed by atoms with E-state index in [9.17, 15) is 9.50 Å². The van der Waals surface area contributed by atoms with E-state index in [0.717, 1.165) is 18.4 Å². The topological polar surface area (TPSA) is 41.5 Å². The van der Waals surface area contributed by atoms with Gasteiger partial charge < -0.3 is 15.2 Å². The fourth-order valence-corrected chi connectivity index (χ4v) is 2.01. The standard InChI is InChI=1S/C14H20FNO2/c1-9(16-8-13(17)10-3-4-10)11-5-6-12(15)14(7-11)18-2/h5-7,9-10,13,16-17H,3-4,8H2,1-2H3. The van der Waals surface area contributed by atoms with E-state index in [-0.39, 0.29) is 23.7 Å². The number of aliphatic hydroxyl groups excluding tert-OH is 1. The second-order valence-corrected chi connectivity index (χ2v) is 4.93. The molecule has 2 rings (SSSR count). The maximum absolute atomic E-state index is 13.3. The molecule has 2 unspecified atom stereocenters. The Morgan fingerprint density at radius 2 is 2.22 bits per heavy atom. The molecular weight excluding hydrogens is 233 g/mol. The number of ether oxygens (including phenoxy) is 1. The third-order valence-corrected chi connectivity index (χ3v) is 3.47. The molecule has 0 bridgehead atoms. The zero-order valence-electron chi connectivity index (χ0n) is 10.8. The van der Waals surface area contributed by atoms with E-state index in [2.05, 4.69) is 5.32 Å². The highest BCUT2D eigenvalue weighted by Crippen LogP contribution is 2.32. The van der Waals surface area contributed by atoms with Crippen molar-refractivity contribution in [2.75, 3.05) is 13.7 Å². The number of hydrogen-bond acceptors (Lipinski definition) is 3. The van der Waals surface area contributed by atoms with E-state index in [1.54, 1.807) is 12.1 Å². The van der Waals surface area contributed by atoms with Gasteiger partial charge in [0.1, 0.15) is 0 Å². The van der Waals surface area contributed by atoms with E-state index >= 15 is 0 Å². The Morgan fingerprint density at radius 1 is 1.50 bits per heavy atom. The largest absolute Gasteiger partial charge is 0.494 e. The van der Waals surface area contributed by atoms with Crippen molar-refractivity contribution >= 4 is 0 Å². The van der Waals surface area contributed by atoms with Crippen LogP contribution >= 0.6 is 0 Å². The van der Waals surface area contributed by atoms with Crippen LogP contribution in [-0.2, 0) is 0 Å². The molecular formula is C14H20FNO2. The molecule has 0 aliphatic heterocycles. The second kappa shape index (κ2) is 5.67. The Hall–Kier alpha value is -1.13. The van der Waals surface area contributed by atoms with Gasteiger partial charge in [0, 0.05) is 12.6 Å². The average Bonchev–Trinajstić information content (AvgIpc) is 3.20. The highest BCUT2D eigenvalue weighted by molar-refractivity contribution is 5.31. The van der Waals surface area contributed by atoms with Gasteiger partial charge in [-0.3, -0.25) is 0 Å². The Bertz CT molecular complexity index is 407. The SMILES string of the molecule is COc1cc(C(C)NCC(O)C2CC2)ccc1F. The van der Waals surface area contributed by atoms with Crippen LogP contribution in [0.1, 0.15) is 31.4 Å². The van der Waals surface area contributed by atoms with Crippen LogP contribution in [0.3, 0.4) is 0 Å². The maximum Gasteiger partial charge on any atom is 0.165 e. The lowest BCUT2D eigenvalue weighted by Gasteiger charge is -2.18. The zero-order chi connectivity index (χ0) is 13.1. The van der Waals surface area contributed by atoms with Gasteiger partial charge in [-0.05, 0) is 43.4 Å². The van der Waals surface area contributed by atoms with Crippen molar-refractivity contribution in [2.45, 2.75) is 31.9 Å². The van der Waals surface area contributed by atoms with Gasteiger partial charge in [0.15, 0.2) is 11.6 Å². The van der Waals surface area contributed by atoms with Crippen molar-refractivity contribution < 1.29 is 14.2 Å². The minimum Gasteiger partial charge on any atom is -0.494 e. The van der Waals surface area contributed by atoms with E-state index in [1.807, 2.05) is 6.92 Å². The number of aliphatic hydroxyl groups is 1. The van der Waals surface area contributed by atoms with Crippen LogP contribution in [0.4, 0.5) is 4.39 Å². The molecule has 4 heteroatoms. The number of hydrogen-bond donors (Lipinski definition) is 2. The van der Waals surface area contributed by atoms with Crippen molar-refractivity contribution in [3.63, 3.8) is 0 Å². The molecule has 1 aliphatic carbocycles. The molecule has 1 aromatic rings. The first-order valence-electron chi connectivity index (χ1n) is 6.36. The number of benzene rings is 1. The molecule has 0 heterocycles. The highest BCUT2D eigenvalue weighted by atomic mass is 19.1. The van der Waals surface area contributed by atoms with Gasteiger partial charge in [0.05, 0.1) is 13.2 Å². The molecule has 1 saturated carbocycles. The van der Waals surface area contributed by atoms with E-state index in [1.165, 1.54) is 13.2 Å². The van der Waals surface area contributed by atoms with Crippen LogP contribution in [0, 0.1) is 11.7 Å². The molecule has 3 nitrogen and oxygen atoms in total. The summed E-state index contributed by atoms with van der Waals surface area (Å²) in [6, 6.07) is 4.90. The van der Waals surface area contributed by atoms with Gasteiger partial charge in [0.25, 0.3) is 0 Å². The van der Waals surface area contributed by atoms with Crippen LogP contribution < -0.4 is 10.1 Å². The molecule has 1 fully saturated rings. The van der Waals surface area contributed by atoms with E-state index in [0.29, 0.717) is 12.5 Å². The fraction of sp³-hybridized carbons (Fsp3) is 0.571. The second-order valence-electron chi connectivity index (χ2n) is 4.93. The Morgan fingerprint density at radius 3 is 2.83 bits per heavy atom. The normalized spacial score (nSPS) is 18.4.